The Hall–Kier alpha value is -2.18. The molecule has 1 atom stereocenters. The summed E-state index contributed by atoms with van der Waals surface area (Å²) >= 11 is 6.48. The smallest absolute Gasteiger partial charge is 0.326 e. The van der Waals surface area contributed by atoms with Crippen LogP contribution in [0, 0.1) is 5.92 Å². The molecule has 1 saturated heterocycles. The molecule has 1 amide bonds. The number of hydrogen-bond donors (Lipinski definition) is 1. The second-order valence-corrected chi connectivity index (χ2v) is 8.28. The molecule has 2 aromatic carbocycles. The fraction of sp³-hybridized carbons (Fsp3) is 0.250. The molecular formula is C20H19NO3S2. The Bertz CT molecular complexity index is 915. The molecule has 0 aromatic heterocycles. The lowest BCUT2D eigenvalue weighted by Crippen LogP contribution is -2.44. The second-order valence-electron chi connectivity index (χ2n) is 6.60. The van der Waals surface area contributed by atoms with Crippen LogP contribution in [0.4, 0.5) is 0 Å². The van der Waals surface area contributed by atoms with Gasteiger partial charge in [0.2, 0.25) is 0 Å². The zero-order valence-electron chi connectivity index (χ0n) is 14.5. The van der Waals surface area contributed by atoms with Crippen LogP contribution >= 0.6 is 24.0 Å². The normalized spacial score (nSPS) is 17.5. The predicted octanol–water partition coefficient (Wildman–Crippen LogP) is 4.54. The first-order valence-electron chi connectivity index (χ1n) is 8.36. The summed E-state index contributed by atoms with van der Waals surface area (Å²) in [5, 5.41) is 11.7. The molecule has 0 radical (unpaired) electrons. The van der Waals surface area contributed by atoms with E-state index in [1.54, 1.807) is 6.08 Å². The van der Waals surface area contributed by atoms with Crippen LogP contribution in [0.25, 0.3) is 16.8 Å². The van der Waals surface area contributed by atoms with Gasteiger partial charge in [0.05, 0.1) is 4.91 Å². The molecule has 0 spiro atoms. The summed E-state index contributed by atoms with van der Waals surface area (Å²) in [4.78, 5) is 26.2. The number of amides is 1. The summed E-state index contributed by atoms with van der Waals surface area (Å²) in [7, 11) is 0. The minimum absolute atomic E-state index is 0.141. The lowest BCUT2D eigenvalue weighted by atomic mass is 10.0. The van der Waals surface area contributed by atoms with Crippen molar-refractivity contribution in [2.75, 3.05) is 0 Å². The van der Waals surface area contributed by atoms with Crippen LogP contribution < -0.4 is 0 Å². The topological polar surface area (TPSA) is 57.6 Å². The molecule has 0 bridgehead atoms. The van der Waals surface area contributed by atoms with Crippen molar-refractivity contribution >= 4 is 57.0 Å². The van der Waals surface area contributed by atoms with Gasteiger partial charge in [-0.3, -0.25) is 9.69 Å². The Balaban J connectivity index is 1.97. The Kier molecular flexibility index (Phi) is 5.44. The number of benzene rings is 2. The summed E-state index contributed by atoms with van der Waals surface area (Å²) in [6.45, 7) is 3.86. The van der Waals surface area contributed by atoms with Gasteiger partial charge in [0.15, 0.2) is 0 Å². The minimum atomic E-state index is -1.03. The van der Waals surface area contributed by atoms with E-state index < -0.39 is 12.0 Å². The van der Waals surface area contributed by atoms with Gasteiger partial charge in [-0.25, -0.2) is 4.79 Å². The van der Waals surface area contributed by atoms with E-state index >= 15 is 0 Å². The summed E-state index contributed by atoms with van der Waals surface area (Å²) in [5.41, 5.74) is 0.916. The van der Waals surface area contributed by atoms with E-state index in [1.165, 1.54) is 4.90 Å². The standard InChI is InChI=1S/C20H19NO3S2/c1-12(2)10-16(19(23)24)21-18(22)17(26-20(21)25)11-14-8-5-7-13-6-3-4-9-15(13)14/h3-9,11-12,16H,10H2,1-2H3,(H,23,24)/b17-11-/t16-/m1/s1. The maximum atomic E-state index is 12.9. The third kappa shape index (κ3) is 3.66. The van der Waals surface area contributed by atoms with Gasteiger partial charge in [0, 0.05) is 0 Å². The van der Waals surface area contributed by atoms with Crippen LogP contribution in [-0.2, 0) is 9.59 Å². The van der Waals surface area contributed by atoms with Gasteiger partial charge < -0.3 is 5.11 Å². The molecule has 0 aliphatic carbocycles. The van der Waals surface area contributed by atoms with Crippen molar-refractivity contribution in [1.82, 2.24) is 4.90 Å². The van der Waals surface area contributed by atoms with Crippen LogP contribution in [0.1, 0.15) is 25.8 Å². The first-order valence-corrected chi connectivity index (χ1v) is 9.58. The lowest BCUT2D eigenvalue weighted by Gasteiger charge is -2.24. The average Bonchev–Trinajstić information content (AvgIpc) is 2.86. The molecule has 134 valence electrons. The van der Waals surface area contributed by atoms with E-state index in [9.17, 15) is 14.7 Å². The molecule has 1 N–H and O–H groups in total. The van der Waals surface area contributed by atoms with E-state index in [0.717, 1.165) is 28.1 Å². The largest absolute Gasteiger partial charge is 0.480 e. The molecule has 0 saturated carbocycles. The lowest BCUT2D eigenvalue weighted by molar-refractivity contribution is -0.145. The molecule has 1 aliphatic heterocycles. The van der Waals surface area contributed by atoms with Gasteiger partial charge in [0.1, 0.15) is 10.4 Å². The van der Waals surface area contributed by atoms with Crippen molar-refractivity contribution < 1.29 is 14.7 Å². The van der Waals surface area contributed by atoms with E-state index in [2.05, 4.69) is 0 Å². The molecular weight excluding hydrogens is 366 g/mol. The van der Waals surface area contributed by atoms with Crippen molar-refractivity contribution in [3.05, 3.63) is 52.9 Å². The predicted molar refractivity (Wildman–Crippen MR) is 110 cm³/mol. The number of thioether (sulfide) groups is 1. The number of rotatable bonds is 5. The molecule has 1 aliphatic rings. The number of thiocarbonyl (C=S) groups is 1. The monoisotopic (exact) mass is 385 g/mol. The highest BCUT2D eigenvalue weighted by Crippen LogP contribution is 2.36. The van der Waals surface area contributed by atoms with Crippen LogP contribution in [0.5, 0.6) is 0 Å². The molecule has 0 unspecified atom stereocenters. The van der Waals surface area contributed by atoms with Crippen LogP contribution in [-0.4, -0.2) is 32.2 Å². The minimum Gasteiger partial charge on any atom is -0.480 e. The van der Waals surface area contributed by atoms with Crippen molar-refractivity contribution in [3.63, 3.8) is 0 Å². The van der Waals surface area contributed by atoms with Crippen molar-refractivity contribution in [3.8, 4) is 0 Å². The maximum Gasteiger partial charge on any atom is 0.326 e. The van der Waals surface area contributed by atoms with Crippen molar-refractivity contribution in [1.29, 1.82) is 0 Å². The van der Waals surface area contributed by atoms with Gasteiger partial charge in [-0.1, -0.05) is 80.3 Å². The highest BCUT2D eigenvalue weighted by Gasteiger charge is 2.40. The molecule has 26 heavy (non-hydrogen) atoms. The van der Waals surface area contributed by atoms with Gasteiger partial charge >= 0.3 is 5.97 Å². The second kappa shape index (κ2) is 7.60. The Labute approximate surface area is 161 Å². The number of nitrogens with zero attached hydrogens (tertiary/aromatic N) is 1. The molecule has 6 heteroatoms. The van der Waals surface area contributed by atoms with E-state index in [1.807, 2.05) is 56.3 Å². The number of carboxylic acids is 1. The number of aliphatic carboxylic acids is 1. The number of carboxylic acid groups (broad SMARTS) is 1. The van der Waals surface area contributed by atoms with E-state index in [4.69, 9.17) is 12.2 Å². The summed E-state index contributed by atoms with van der Waals surface area (Å²) < 4.78 is 0.300. The van der Waals surface area contributed by atoms with Crippen LogP contribution in [0.3, 0.4) is 0 Å². The fourth-order valence-electron chi connectivity index (χ4n) is 3.03. The molecule has 1 fully saturated rings. The maximum absolute atomic E-state index is 12.9. The Morgan fingerprint density at radius 2 is 1.92 bits per heavy atom. The highest BCUT2D eigenvalue weighted by atomic mass is 32.2. The van der Waals surface area contributed by atoms with Gasteiger partial charge in [-0.05, 0) is 34.8 Å². The summed E-state index contributed by atoms with van der Waals surface area (Å²) in [6, 6.07) is 12.9. The molecule has 3 rings (SSSR count). The van der Waals surface area contributed by atoms with Gasteiger partial charge in [0.25, 0.3) is 5.91 Å². The number of fused-ring (bicyclic) bond motifs is 1. The zero-order chi connectivity index (χ0) is 18.8. The quantitative estimate of drug-likeness (QED) is 0.605. The molecule has 2 aromatic rings. The van der Waals surface area contributed by atoms with Crippen LogP contribution in [0.2, 0.25) is 0 Å². The SMILES string of the molecule is CC(C)C[C@H](C(=O)O)N1C(=O)/C(=C/c2cccc3ccccc23)SC1=S. The highest BCUT2D eigenvalue weighted by molar-refractivity contribution is 8.26. The third-order valence-corrected chi connectivity index (χ3v) is 5.56. The van der Waals surface area contributed by atoms with Crippen molar-refractivity contribution in [2.24, 2.45) is 5.92 Å². The third-order valence-electron chi connectivity index (χ3n) is 4.22. The zero-order valence-corrected chi connectivity index (χ0v) is 16.1. The Morgan fingerprint density at radius 1 is 1.23 bits per heavy atom. The number of hydrogen-bond acceptors (Lipinski definition) is 4. The van der Waals surface area contributed by atoms with Crippen molar-refractivity contribution in [2.45, 2.75) is 26.3 Å². The fourth-order valence-corrected chi connectivity index (χ4v) is 4.38. The summed E-state index contributed by atoms with van der Waals surface area (Å²) in [5.74, 6) is -1.22. The first-order chi connectivity index (χ1) is 12.4. The van der Waals surface area contributed by atoms with Gasteiger partial charge in [-0.15, -0.1) is 0 Å². The first kappa shape index (κ1) is 18.6. The van der Waals surface area contributed by atoms with E-state index in [-0.39, 0.29) is 11.8 Å². The van der Waals surface area contributed by atoms with Crippen LogP contribution in [0.15, 0.2) is 47.4 Å². The number of carbonyl (C=O) groups excluding carboxylic acids is 1. The molecule has 1 heterocycles. The molecule has 4 nitrogen and oxygen atoms in total. The summed E-state index contributed by atoms with van der Waals surface area (Å²) in [6.07, 6.45) is 2.17. The van der Waals surface area contributed by atoms with E-state index in [0.29, 0.717) is 15.6 Å². The Morgan fingerprint density at radius 3 is 2.62 bits per heavy atom. The number of carbonyl (C=O) groups is 2. The average molecular weight is 386 g/mol. The van der Waals surface area contributed by atoms with Gasteiger partial charge in [-0.2, -0.15) is 0 Å².